The molecule has 0 radical (unpaired) electrons. The lowest BCUT2D eigenvalue weighted by Crippen LogP contribution is -2.41. The number of ether oxygens (including phenoxy) is 2. The number of aliphatic hydroxyl groups excluding tert-OH is 2. The number of imide groups is 2. The van der Waals surface area contributed by atoms with E-state index in [1.165, 1.54) is 0 Å². The van der Waals surface area contributed by atoms with Gasteiger partial charge >= 0.3 is 0 Å². The lowest BCUT2D eigenvalue weighted by atomic mass is 9.82. The highest BCUT2D eigenvalue weighted by atomic mass is 16.5. The van der Waals surface area contributed by atoms with Crippen LogP contribution in [-0.4, -0.2) is 121 Å². The van der Waals surface area contributed by atoms with Gasteiger partial charge in [-0.05, 0) is 12.8 Å². The molecule has 0 atom stereocenters. The molecule has 216 valence electrons. The molecule has 4 N–H and O–H groups in total. The predicted octanol–water partition coefficient (Wildman–Crippen LogP) is -2.37. The first-order valence-corrected chi connectivity index (χ1v) is 12.7. The van der Waals surface area contributed by atoms with Crippen LogP contribution in [0, 0.1) is 5.41 Å². The second kappa shape index (κ2) is 16.5. The molecule has 0 unspecified atom stereocenters. The van der Waals surface area contributed by atoms with Gasteiger partial charge in [0.15, 0.2) is 0 Å². The van der Waals surface area contributed by atoms with E-state index in [9.17, 15) is 28.8 Å². The average molecular weight is 553 g/mol. The molecule has 0 saturated carbocycles. The van der Waals surface area contributed by atoms with Crippen LogP contribution in [-0.2, 0) is 38.2 Å². The number of hydrogen-bond donors (Lipinski definition) is 4. The zero-order valence-electron chi connectivity index (χ0n) is 21.8. The van der Waals surface area contributed by atoms with Gasteiger partial charge in [-0.2, -0.15) is 0 Å². The Morgan fingerprint density at radius 1 is 0.692 bits per heavy atom. The van der Waals surface area contributed by atoms with E-state index in [1.807, 2.05) is 0 Å². The number of nitrogens with one attached hydrogen (secondary N) is 2. The van der Waals surface area contributed by atoms with E-state index in [4.69, 9.17) is 19.7 Å². The van der Waals surface area contributed by atoms with Crippen molar-refractivity contribution in [2.24, 2.45) is 5.41 Å². The lowest BCUT2D eigenvalue weighted by molar-refractivity contribution is -0.139. The molecule has 0 spiro atoms. The van der Waals surface area contributed by atoms with Crippen molar-refractivity contribution in [1.82, 2.24) is 20.4 Å². The Balaban J connectivity index is 1.88. The lowest BCUT2D eigenvalue weighted by Gasteiger charge is -2.34. The first kappa shape index (κ1) is 31.8. The molecule has 0 fully saturated rings. The minimum Gasteiger partial charge on any atom is -0.394 e. The molecule has 2 aliphatic heterocycles. The Morgan fingerprint density at radius 2 is 1.05 bits per heavy atom. The highest BCUT2D eigenvalue weighted by Gasteiger charge is 2.32. The van der Waals surface area contributed by atoms with Crippen LogP contribution in [0.2, 0.25) is 0 Å². The maximum absolute atomic E-state index is 12.3. The Hall–Kier alpha value is -3.46. The largest absolute Gasteiger partial charge is 0.394 e. The summed E-state index contributed by atoms with van der Waals surface area (Å²) >= 11 is 0. The van der Waals surface area contributed by atoms with E-state index in [0.717, 1.165) is 34.1 Å². The Labute approximate surface area is 226 Å². The summed E-state index contributed by atoms with van der Waals surface area (Å²) in [5, 5.41) is 23.8. The number of carbonyl (C=O) groups excluding carboxylic acids is 6. The van der Waals surface area contributed by atoms with Gasteiger partial charge in [0.1, 0.15) is 0 Å². The zero-order valence-corrected chi connectivity index (χ0v) is 21.8. The van der Waals surface area contributed by atoms with E-state index in [2.05, 4.69) is 10.6 Å². The van der Waals surface area contributed by atoms with Crippen molar-refractivity contribution < 1.29 is 48.5 Å². The minimum absolute atomic E-state index is 0.0441. The van der Waals surface area contributed by atoms with Crippen molar-refractivity contribution in [3.63, 3.8) is 0 Å². The molecule has 0 bridgehead atoms. The topological polar surface area (TPSA) is 192 Å². The normalized spacial score (nSPS) is 15.1. The van der Waals surface area contributed by atoms with Crippen LogP contribution in [0.5, 0.6) is 0 Å². The zero-order chi connectivity index (χ0) is 28.7. The number of amides is 6. The summed E-state index contributed by atoms with van der Waals surface area (Å²) in [6, 6.07) is 0. The molecule has 0 saturated heterocycles. The number of aliphatic hydroxyl groups is 2. The smallest absolute Gasteiger partial charge is 0.253 e. The van der Waals surface area contributed by atoms with Crippen LogP contribution in [0.1, 0.15) is 25.7 Å². The Kier molecular flexibility index (Phi) is 13.4. The third kappa shape index (κ3) is 10.7. The molecular formula is C25H36N4O10. The van der Waals surface area contributed by atoms with Gasteiger partial charge in [0.25, 0.3) is 23.6 Å². The first-order valence-electron chi connectivity index (χ1n) is 12.7. The van der Waals surface area contributed by atoms with Gasteiger partial charge in [-0.1, -0.05) is 0 Å². The maximum Gasteiger partial charge on any atom is 0.253 e. The molecule has 14 nitrogen and oxygen atoms in total. The molecule has 2 heterocycles. The molecule has 6 amide bonds. The van der Waals surface area contributed by atoms with Crippen molar-refractivity contribution in [1.29, 1.82) is 0 Å². The summed E-state index contributed by atoms with van der Waals surface area (Å²) in [6.07, 6.45) is 5.17. The summed E-state index contributed by atoms with van der Waals surface area (Å²) in [7, 11) is 0. The monoisotopic (exact) mass is 552 g/mol. The fourth-order valence-electron chi connectivity index (χ4n) is 4.00. The molecule has 0 aliphatic carbocycles. The SMILES string of the molecule is O=C(CCN1C(=O)C=CC1=O)NCCC(CCNC(=O)CCN1C(=O)C=CC1=O)(COCCO)COCCO. The number of nitrogens with zero attached hydrogens (tertiary/aromatic N) is 2. The standard InChI is InChI=1S/C25H36N4O10/c30-13-15-38-17-25(18-39-16-14-31,7-9-26-19(32)5-11-28-21(34)1-2-22(28)35)8-10-27-20(33)6-12-29-23(36)3-4-24(29)37/h1-4,30-31H,5-18H2,(H,26,32)(H,27,33). The van der Waals surface area contributed by atoms with Gasteiger partial charge in [0, 0.05) is 68.7 Å². The summed E-state index contributed by atoms with van der Waals surface area (Å²) < 4.78 is 11.2. The van der Waals surface area contributed by atoms with Crippen molar-refractivity contribution >= 4 is 35.4 Å². The van der Waals surface area contributed by atoms with E-state index in [0.29, 0.717) is 12.8 Å². The highest BCUT2D eigenvalue weighted by Crippen LogP contribution is 2.27. The summed E-state index contributed by atoms with van der Waals surface area (Å²) in [6.45, 7) is 0.310. The highest BCUT2D eigenvalue weighted by molar-refractivity contribution is 6.13. The fraction of sp³-hybridized carbons (Fsp3) is 0.600. The molecule has 0 aromatic carbocycles. The summed E-state index contributed by atoms with van der Waals surface area (Å²) in [5.74, 6) is -2.59. The van der Waals surface area contributed by atoms with Crippen LogP contribution in [0.3, 0.4) is 0 Å². The maximum atomic E-state index is 12.3. The molecule has 14 heteroatoms. The molecule has 2 rings (SSSR count). The molecule has 39 heavy (non-hydrogen) atoms. The minimum atomic E-state index is -0.708. The third-order valence-electron chi connectivity index (χ3n) is 6.17. The van der Waals surface area contributed by atoms with Crippen molar-refractivity contribution in [2.75, 3.05) is 65.8 Å². The summed E-state index contributed by atoms with van der Waals surface area (Å²) in [5.41, 5.74) is -0.708. The van der Waals surface area contributed by atoms with Crippen LogP contribution in [0.25, 0.3) is 0 Å². The van der Waals surface area contributed by atoms with Crippen LogP contribution in [0.4, 0.5) is 0 Å². The van der Waals surface area contributed by atoms with Gasteiger partial charge in [0.2, 0.25) is 11.8 Å². The fourth-order valence-corrected chi connectivity index (χ4v) is 4.00. The third-order valence-corrected chi connectivity index (χ3v) is 6.17. The number of hydrogen-bond acceptors (Lipinski definition) is 10. The van der Waals surface area contributed by atoms with Crippen molar-refractivity contribution in [3.05, 3.63) is 24.3 Å². The van der Waals surface area contributed by atoms with Gasteiger partial charge < -0.3 is 30.3 Å². The number of carbonyl (C=O) groups is 6. The van der Waals surface area contributed by atoms with E-state index in [1.54, 1.807) is 0 Å². The first-order chi connectivity index (χ1) is 18.7. The molecule has 0 aromatic heterocycles. The van der Waals surface area contributed by atoms with Crippen molar-refractivity contribution in [2.45, 2.75) is 25.7 Å². The average Bonchev–Trinajstić information content (AvgIpc) is 3.40. The van der Waals surface area contributed by atoms with Crippen molar-refractivity contribution in [3.8, 4) is 0 Å². The van der Waals surface area contributed by atoms with Crippen LogP contribution in [0.15, 0.2) is 24.3 Å². The Morgan fingerprint density at radius 3 is 1.38 bits per heavy atom. The second-order valence-corrected chi connectivity index (χ2v) is 9.08. The van der Waals surface area contributed by atoms with E-state index < -0.39 is 29.0 Å². The van der Waals surface area contributed by atoms with Gasteiger partial charge in [-0.15, -0.1) is 0 Å². The van der Waals surface area contributed by atoms with Crippen LogP contribution < -0.4 is 10.6 Å². The quantitative estimate of drug-likeness (QED) is 0.0938. The summed E-state index contributed by atoms with van der Waals surface area (Å²) in [4.78, 5) is 73.2. The van der Waals surface area contributed by atoms with Crippen LogP contribution >= 0.6 is 0 Å². The molecule has 2 aliphatic rings. The molecular weight excluding hydrogens is 516 g/mol. The van der Waals surface area contributed by atoms with Gasteiger partial charge in [-0.25, -0.2) is 0 Å². The predicted molar refractivity (Wildman–Crippen MR) is 134 cm³/mol. The molecule has 0 aromatic rings. The Bertz CT molecular complexity index is 852. The van der Waals surface area contributed by atoms with E-state index >= 15 is 0 Å². The van der Waals surface area contributed by atoms with E-state index in [-0.39, 0.29) is 90.5 Å². The number of rotatable bonds is 20. The van der Waals surface area contributed by atoms with Gasteiger partial charge in [0.05, 0.1) is 39.6 Å². The second-order valence-electron chi connectivity index (χ2n) is 9.08. The van der Waals surface area contributed by atoms with Gasteiger partial charge in [-0.3, -0.25) is 38.6 Å².